The number of aryl methyl sites for hydroxylation is 3. The van der Waals surface area contributed by atoms with E-state index < -0.39 is 0 Å². The zero-order valence-electron chi connectivity index (χ0n) is 15.8. The van der Waals surface area contributed by atoms with E-state index in [9.17, 15) is 9.59 Å². The third-order valence-corrected chi connectivity index (χ3v) is 5.07. The number of nitrogens with one attached hydrogen (secondary N) is 2. The van der Waals surface area contributed by atoms with Gasteiger partial charge in [-0.05, 0) is 50.5 Å². The monoisotopic (exact) mass is 365 g/mol. The maximum atomic E-state index is 13.0. The fourth-order valence-electron chi connectivity index (χ4n) is 4.00. The van der Waals surface area contributed by atoms with E-state index in [0.29, 0.717) is 18.0 Å². The van der Waals surface area contributed by atoms with Gasteiger partial charge in [0.15, 0.2) is 6.61 Å². The van der Waals surface area contributed by atoms with Crippen LogP contribution < -0.4 is 20.3 Å². The van der Waals surface area contributed by atoms with Crippen molar-refractivity contribution in [1.29, 1.82) is 0 Å². The number of carbonyl (C=O) groups excluding carboxylic acids is 2. The Kier molecular flexibility index (Phi) is 4.26. The van der Waals surface area contributed by atoms with Gasteiger partial charge in [-0.25, -0.2) is 0 Å². The van der Waals surface area contributed by atoms with E-state index in [4.69, 9.17) is 4.74 Å². The van der Waals surface area contributed by atoms with Crippen LogP contribution in [0.5, 0.6) is 5.75 Å². The van der Waals surface area contributed by atoms with Crippen molar-refractivity contribution in [3.05, 3.63) is 47.0 Å². The lowest BCUT2D eigenvalue weighted by molar-refractivity contribution is -0.119. The molecule has 0 aromatic heterocycles. The molecule has 1 atom stereocenters. The third kappa shape index (κ3) is 3.23. The summed E-state index contributed by atoms with van der Waals surface area (Å²) in [5.74, 6) is 0.540. The second kappa shape index (κ2) is 6.61. The molecule has 0 aliphatic carbocycles. The van der Waals surface area contributed by atoms with Gasteiger partial charge in [-0.3, -0.25) is 9.59 Å². The SMILES string of the molecule is Cc1cc(C)c(N2CCC(Nc3ccc4c(c3)OCC(=O)N4)C2=O)c(C)c1. The predicted molar refractivity (Wildman–Crippen MR) is 106 cm³/mol. The van der Waals surface area contributed by atoms with E-state index in [0.717, 1.165) is 28.9 Å². The Morgan fingerprint density at radius 2 is 1.85 bits per heavy atom. The molecule has 2 aliphatic rings. The van der Waals surface area contributed by atoms with Gasteiger partial charge in [0, 0.05) is 24.0 Å². The third-order valence-electron chi connectivity index (χ3n) is 5.07. The zero-order valence-corrected chi connectivity index (χ0v) is 15.8. The van der Waals surface area contributed by atoms with Gasteiger partial charge in [-0.2, -0.15) is 0 Å². The van der Waals surface area contributed by atoms with Crippen molar-refractivity contribution in [3.63, 3.8) is 0 Å². The Hall–Kier alpha value is -3.02. The molecule has 0 bridgehead atoms. The molecule has 2 N–H and O–H groups in total. The minimum atomic E-state index is -0.277. The van der Waals surface area contributed by atoms with E-state index in [-0.39, 0.29) is 24.5 Å². The number of nitrogens with zero attached hydrogens (tertiary/aromatic N) is 1. The van der Waals surface area contributed by atoms with E-state index in [2.05, 4.69) is 43.5 Å². The topological polar surface area (TPSA) is 70.7 Å². The summed E-state index contributed by atoms with van der Waals surface area (Å²) in [7, 11) is 0. The van der Waals surface area contributed by atoms with Crippen molar-refractivity contribution in [2.45, 2.75) is 33.2 Å². The van der Waals surface area contributed by atoms with Gasteiger partial charge in [0.25, 0.3) is 5.91 Å². The Morgan fingerprint density at radius 1 is 1.11 bits per heavy atom. The number of rotatable bonds is 3. The van der Waals surface area contributed by atoms with Crippen LogP contribution in [0, 0.1) is 20.8 Å². The summed E-state index contributed by atoms with van der Waals surface area (Å²) in [6, 6.07) is 9.43. The quantitative estimate of drug-likeness (QED) is 0.877. The number of fused-ring (bicyclic) bond motifs is 1. The molecule has 1 saturated heterocycles. The van der Waals surface area contributed by atoms with Crippen LogP contribution in [0.2, 0.25) is 0 Å². The van der Waals surface area contributed by atoms with Crippen LogP contribution in [0.1, 0.15) is 23.1 Å². The number of ether oxygens (including phenoxy) is 1. The molecule has 6 heteroatoms. The lowest BCUT2D eigenvalue weighted by atomic mass is 10.0. The molecule has 2 amide bonds. The van der Waals surface area contributed by atoms with E-state index in [1.165, 1.54) is 5.56 Å². The van der Waals surface area contributed by atoms with Crippen LogP contribution in [0.3, 0.4) is 0 Å². The highest BCUT2D eigenvalue weighted by atomic mass is 16.5. The molecule has 6 nitrogen and oxygen atoms in total. The predicted octanol–water partition coefficient (Wildman–Crippen LogP) is 3.16. The second-order valence-corrected chi connectivity index (χ2v) is 7.27. The molecule has 27 heavy (non-hydrogen) atoms. The van der Waals surface area contributed by atoms with E-state index in [1.54, 1.807) is 6.07 Å². The van der Waals surface area contributed by atoms with Crippen molar-refractivity contribution in [2.24, 2.45) is 0 Å². The van der Waals surface area contributed by atoms with Crippen LogP contribution in [0.15, 0.2) is 30.3 Å². The number of amides is 2. The van der Waals surface area contributed by atoms with Crippen LogP contribution >= 0.6 is 0 Å². The number of hydrogen-bond acceptors (Lipinski definition) is 4. The molecule has 2 aliphatic heterocycles. The highest BCUT2D eigenvalue weighted by Crippen LogP contribution is 2.33. The molecule has 140 valence electrons. The summed E-state index contributed by atoms with van der Waals surface area (Å²) in [5, 5.41) is 6.09. The molecule has 2 heterocycles. The molecular formula is C21H23N3O3. The zero-order chi connectivity index (χ0) is 19.1. The lowest BCUT2D eigenvalue weighted by Crippen LogP contribution is -2.34. The van der Waals surface area contributed by atoms with Crippen molar-refractivity contribution < 1.29 is 14.3 Å². The largest absolute Gasteiger partial charge is 0.482 e. The molecule has 1 unspecified atom stereocenters. The molecule has 0 radical (unpaired) electrons. The van der Waals surface area contributed by atoms with Gasteiger partial charge in [0.05, 0.1) is 5.69 Å². The summed E-state index contributed by atoms with van der Waals surface area (Å²) in [4.78, 5) is 26.3. The summed E-state index contributed by atoms with van der Waals surface area (Å²) >= 11 is 0. The average molecular weight is 365 g/mol. The van der Waals surface area contributed by atoms with Gasteiger partial charge < -0.3 is 20.3 Å². The Balaban J connectivity index is 1.52. The first-order valence-electron chi connectivity index (χ1n) is 9.15. The molecule has 2 aromatic carbocycles. The summed E-state index contributed by atoms with van der Waals surface area (Å²) in [6.07, 6.45) is 0.736. The molecule has 0 saturated carbocycles. The van der Waals surface area contributed by atoms with E-state index >= 15 is 0 Å². The Bertz CT molecular complexity index is 915. The smallest absolute Gasteiger partial charge is 0.262 e. The molecule has 0 spiro atoms. The normalized spacial score (nSPS) is 18.8. The van der Waals surface area contributed by atoms with Crippen LogP contribution in [-0.2, 0) is 9.59 Å². The number of hydrogen-bond donors (Lipinski definition) is 2. The molecule has 1 fully saturated rings. The van der Waals surface area contributed by atoms with Gasteiger partial charge in [0.1, 0.15) is 11.8 Å². The first-order chi connectivity index (χ1) is 12.9. The minimum Gasteiger partial charge on any atom is -0.482 e. The number of benzene rings is 2. The molecular weight excluding hydrogens is 342 g/mol. The maximum absolute atomic E-state index is 13.0. The lowest BCUT2D eigenvalue weighted by Gasteiger charge is -2.23. The minimum absolute atomic E-state index is 0.0125. The maximum Gasteiger partial charge on any atom is 0.262 e. The van der Waals surface area contributed by atoms with Crippen LogP contribution in [-0.4, -0.2) is 31.0 Å². The molecule has 4 rings (SSSR count). The van der Waals surface area contributed by atoms with Crippen molar-refractivity contribution in [1.82, 2.24) is 0 Å². The fourth-order valence-corrected chi connectivity index (χ4v) is 4.00. The van der Waals surface area contributed by atoms with Crippen molar-refractivity contribution >= 4 is 28.9 Å². The number of carbonyl (C=O) groups is 2. The van der Waals surface area contributed by atoms with Crippen LogP contribution in [0.4, 0.5) is 17.1 Å². The first kappa shape index (κ1) is 17.4. The summed E-state index contributed by atoms with van der Waals surface area (Å²) in [6.45, 7) is 6.88. The van der Waals surface area contributed by atoms with Gasteiger partial charge in [0.2, 0.25) is 5.91 Å². The standard InChI is InChI=1S/C21H23N3O3/c1-12-8-13(2)20(14(3)9-12)24-7-6-17(21(24)26)22-15-4-5-16-18(10-15)27-11-19(25)23-16/h4-5,8-10,17,22H,6-7,11H2,1-3H3,(H,23,25). The number of anilines is 3. The second-order valence-electron chi connectivity index (χ2n) is 7.27. The van der Waals surface area contributed by atoms with Gasteiger partial charge in [-0.1, -0.05) is 17.7 Å². The molecule has 2 aromatic rings. The highest BCUT2D eigenvalue weighted by Gasteiger charge is 2.34. The highest BCUT2D eigenvalue weighted by molar-refractivity contribution is 6.02. The van der Waals surface area contributed by atoms with Crippen molar-refractivity contribution in [3.8, 4) is 5.75 Å². The average Bonchev–Trinajstić information content (AvgIpc) is 2.95. The first-order valence-corrected chi connectivity index (χ1v) is 9.15. The summed E-state index contributed by atoms with van der Waals surface area (Å²) in [5.41, 5.74) is 5.94. The Morgan fingerprint density at radius 3 is 2.59 bits per heavy atom. The summed E-state index contributed by atoms with van der Waals surface area (Å²) < 4.78 is 5.45. The van der Waals surface area contributed by atoms with Crippen LogP contribution in [0.25, 0.3) is 0 Å². The van der Waals surface area contributed by atoms with Crippen molar-refractivity contribution in [2.75, 3.05) is 28.7 Å². The van der Waals surface area contributed by atoms with Gasteiger partial charge in [-0.15, -0.1) is 0 Å². The Labute approximate surface area is 158 Å². The van der Waals surface area contributed by atoms with E-state index in [1.807, 2.05) is 17.0 Å². The fraction of sp³-hybridized carbons (Fsp3) is 0.333. The van der Waals surface area contributed by atoms with Gasteiger partial charge >= 0.3 is 0 Å².